The average Bonchev–Trinajstić information content (AvgIpc) is 2.82. The van der Waals surface area contributed by atoms with Crippen LogP contribution >= 0.6 is 34.5 Å². The molecule has 0 saturated heterocycles. The Morgan fingerprint density at radius 2 is 2.22 bits per heavy atom. The molecule has 0 aliphatic carbocycles. The quantitative estimate of drug-likeness (QED) is 0.769. The third kappa shape index (κ3) is 3.57. The molecule has 1 aromatic heterocycles. The Labute approximate surface area is 118 Å². The molecule has 6 heteroatoms. The van der Waals surface area contributed by atoms with E-state index >= 15 is 0 Å². The standard InChI is InChI=1S/C12H10Cl2FNOS/c13-6-8-7-18-12(16-8)3-4-17-9-1-2-11(15)10(14)5-9/h1-2,5,7H,3-4,6H2. The van der Waals surface area contributed by atoms with Gasteiger partial charge in [0.2, 0.25) is 0 Å². The summed E-state index contributed by atoms with van der Waals surface area (Å²) in [6.07, 6.45) is 0.691. The van der Waals surface area contributed by atoms with Crippen molar-refractivity contribution < 1.29 is 9.13 Å². The molecule has 0 bridgehead atoms. The van der Waals surface area contributed by atoms with E-state index in [-0.39, 0.29) is 5.02 Å². The van der Waals surface area contributed by atoms with Gasteiger partial charge in [-0.05, 0) is 12.1 Å². The van der Waals surface area contributed by atoms with Gasteiger partial charge in [-0.25, -0.2) is 9.37 Å². The van der Waals surface area contributed by atoms with E-state index in [1.54, 1.807) is 17.4 Å². The molecule has 1 heterocycles. The van der Waals surface area contributed by atoms with Gasteiger partial charge in [0.1, 0.15) is 11.6 Å². The van der Waals surface area contributed by atoms with Crippen LogP contribution in [-0.2, 0) is 12.3 Å². The molecule has 0 atom stereocenters. The van der Waals surface area contributed by atoms with Gasteiger partial charge in [0.15, 0.2) is 0 Å². The van der Waals surface area contributed by atoms with Crippen LogP contribution in [0.3, 0.4) is 0 Å². The summed E-state index contributed by atoms with van der Waals surface area (Å²) in [4.78, 5) is 4.31. The molecule has 0 aliphatic rings. The molecule has 1 aromatic carbocycles. The number of hydrogen-bond donors (Lipinski definition) is 0. The van der Waals surface area contributed by atoms with Gasteiger partial charge in [0, 0.05) is 17.9 Å². The average molecular weight is 306 g/mol. The largest absolute Gasteiger partial charge is 0.493 e. The maximum absolute atomic E-state index is 12.9. The number of benzene rings is 1. The fourth-order valence-electron chi connectivity index (χ4n) is 1.35. The van der Waals surface area contributed by atoms with Crippen LogP contribution in [0.4, 0.5) is 4.39 Å². The first-order chi connectivity index (χ1) is 8.69. The third-order valence-electron chi connectivity index (χ3n) is 2.21. The smallest absolute Gasteiger partial charge is 0.142 e. The summed E-state index contributed by atoms with van der Waals surface area (Å²) in [6.45, 7) is 0.469. The lowest BCUT2D eigenvalue weighted by molar-refractivity contribution is 0.321. The first kappa shape index (κ1) is 13.6. The van der Waals surface area contributed by atoms with Crippen molar-refractivity contribution >= 4 is 34.5 Å². The number of ether oxygens (including phenoxy) is 1. The fraction of sp³-hybridized carbons (Fsp3) is 0.250. The predicted octanol–water partition coefficient (Wildman–Crippen LogP) is 4.30. The van der Waals surface area contributed by atoms with E-state index < -0.39 is 5.82 Å². The van der Waals surface area contributed by atoms with Crippen LogP contribution in [0.2, 0.25) is 5.02 Å². The topological polar surface area (TPSA) is 22.1 Å². The van der Waals surface area contributed by atoms with Crippen molar-refractivity contribution in [3.8, 4) is 5.75 Å². The summed E-state index contributed by atoms with van der Waals surface area (Å²) >= 11 is 12.9. The van der Waals surface area contributed by atoms with E-state index in [1.165, 1.54) is 12.1 Å². The lowest BCUT2D eigenvalue weighted by atomic mass is 10.3. The van der Waals surface area contributed by atoms with Crippen molar-refractivity contribution in [2.24, 2.45) is 0 Å². The molecule has 0 spiro atoms. The van der Waals surface area contributed by atoms with E-state index in [0.717, 1.165) is 10.7 Å². The molecular weight excluding hydrogens is 296 g/mol. The summed E-state index contributed by atoms with van der Waals surface area (Å²) in [7, 11) is 0. The highest BCUT2D eigenvalue weighted by Crippen LogP contribution is 2.21. The van der Waals surface area contributed by atoms with Crippen LogP contribution in [0, 0.1) is 5.82 Å². The predicted molar refractivity (Wildman–Crippen MR) is 72.3 cm³/mol. The van der Waals surface area contributed by atoms with Crippen molar-refractivity contribution in [1.82, 2.24) is 4.98 Å². The van der Waals surface area contributed by atoms with Gasteiger partial charge in [-0.15, -0.1) is 22.9 Å². The Kier molecular flexibility index (Phi) is 4.80. The SMILES string of the molecule is Fc1ccc(OCCc2nc(CCl)cs2)cc1Cl. The molecule has 0 unspecified atom stereocenters. The molecule has 96 valence electrons. The molecule has 0 N–H and O–H groups in total. The Balaban J connectivity index is 1.86. The van der Waals surface area contributed by atoms with Crippen molar-refractivity contribution in [3.63, 3.8) is 0 Å². The lowest BCUT2D eigenvalue weighted by Crippen LogP contribution is -2.01. The minimum atomic E-state index is -0.448. The summed E-state index contributed by atoms with van der Waals surface area (Å²) in [5.41, 5.74) is 0.876. The zero-order valence-corrected chi connectivity index (χ0v) is 11.7. The zero-order chi connectivity index (χ0) is 13.0. The summed E-state index contributed by atoms with van der Waals surface area (Å²) in [6, 6.07) is 4.29. The van der Waals surface area contributed by atoms with Crippen LogP contribution in [0.5, 0.6) is 5.75 Å². The maximum Gasteiger partial charge on any atom is 0.142 e. The van der Waals surface area contributed by atoms with E-state index in [9.17, 15) is 4.39 Å². The Bertz CT molecular complexity index is 533. The van der Waals surface area contributed by atoms with Crippen LogP contribution in [-0.4, -0.2) is 11.6 Å². The number of rotatable bonds is 5. The number of halogens is 3. The summed E-state index contributed by atoms with van der Waals surface area (Å²) in [5.74, 6) is 0.525. The minimum absolute atomic E-state index is 0.0613. The van der Waals surface area contributed by atoms with Gasteiger partial charge in [0.05, 0.1) is 28.2 Å². The molecule has 2 aromatic rings. The molecule has 0 radical (unpaired) electrons. The van der Waals surface area contributed by atoms with Gasteiger partial charge in [0.25, 0.3) is 0 Å². The highest BCUT2D eigenvalue weighted by molar-refractivity contribution is 7.09. The van der Waals surface area contributed by atoms with Crippen LogP contribution in [0.1, 0.15) is 10.7 Å². The van der Waals surface area contributed by atoms with Gasteiger partial charge in [-0.3, -0.25) is 0 Å². The third-order valence-corrected chi connectivity index (χ3v) is 3.73. The van der Waals surface area contributed by atoms with Crippen molar-refractivity contribution in [3.05, 3.63) is 45.1 Å². The maximum atomic E-state index is 12.9. The second-order valence-corrected chi connectivity index (χ2v) is 5.16. The fourth-order valence-corrected chi connectivity index (χ4v) is 2.53. The van der Waals surface area contributed by atoms with Crippen LogP contribution < -0.4 is 4.74 Å². The summed E-state index contributed by atoms with van der Waals surface area (Å²) in [5, 5.41) is 2.96. The van der Waals surface area contributed by atoms with E-state index in [4.69, 9.17) is 27.9 Å². The Hall–Kier alpha value is -0.840. The Morgan fingerprint density at radius 1 is 1.39 bits per heavy atom. The molecule has 0 saturated carbocycles. The molecule has 18 heavy (non-hydrogen) atoms. The van der Waals surface area contributed by atoms with Gasteiger partial charge in [-0.2, -0.15) is 0 Å². The van der Waals surface area contributed by atoms with Gasteiger partial charge in [-0.1, -0.05) is 11.6 Å². The van der Waals surface area contributed by atoms with E-state index in [2.05, 4.69) is 4.98 Å². The first-order valence-corrected chi connectivity index (χ1v) is 7.05. The van der Waals surface area contributed by atoms with Gasteiger partial charge >= 0.3 is 0 Å². The second kappa shape index (κ2) is 6.36. The molecular formula is C12H10Cl2FNOS. The van der Waals surface area contributed by atoms with Crippen molar-refractivity contribution in [2.45, 2.75) is 12.3 Å². The number of alkyl halides is 1. The van der Waals surface area contributed by atoms with Crippen LogP contribution in [0.25, 0.3) is 0 Å². The molecule has 2 nitrogen and oxygen atoms in total. The lowest BCUT2D eigenvalue weighted by Gasteiger charge is -2.05. The number of nitrogens with zero attached hydrogens (tertiary/aromatic N) is 1. The van der Waals surface area contributed by atoms with Gasteiger partial charge < -0.3 is 4.74 Å². The van der Waals surface area contributed by atoms with Crippen molar-refractivity contribution in [1.29, 1.82) is 0 Å². The Morgan fingerprint density at radius 3 is 2.89 bits per heavy atom. The first-order valence-electron chi connectivity index (χ1n) is 5.26. The highest BCUT2D eigenvalue weighted by atomic mass is 35.5. The normalized spacial score (nSPS) is 10.6. The van der Waals surface area contributed by atoms with E-state index in [1.807, 2.05) is 5.38 Å². The molecule has 0 aliphatic heterocycles. The van der Waals surface area contributed by atoms with Crippen LogP contribution in [0.15, 0.2) is 23.6 Å². The molecule has 2 rings (SSSR count). The number of aromatic nitrogens is 1. The molecule has 0 amide bonds. The second-order valence-electron chi connectivity index (χ2n) is 3.54. The zero-order valence-electron chi connectivity index (χ0n) is 9.33. The summed E-state index contributed by atoms with van der Waals surface area (Å²) < 4.78 is 18.4. The number of hydrogen-bond acceptors (Lipinski definition) is 3. The van der Waals surface area contributed by atoms with Crippen molar-refractivity contribution in [2.75, 3.05) is 6.61 Å². The number of thiazole rings is 1. The monoisotopic (exact) mass is 305 g/mol. The molecule has 0 fully saturated rings. The minimum Gasteiger partial charge on any atom is -0.493 e. The highest BCUT2D eigenvalue weighted by Gasteiger charge is 2.04. The van der Waals surface area contributed by atoms with E-state index in [0.29, 0.717) is 24.7 Å².